The van der Waals surface area contributed by atoms with Crippen molar-refractivity contribution in [2.45, 2.75) is 153 Å². The first kappa shape index (κ1) is 25.4. The molecule has 12 aliphatic carbocycles. The molecule has 12 bridgehead atoms. The highest BCUT2D eigenvalue weighted by Gasteiger charge is 2.66. The largest absolute Gasteiger partial charge is 0.350 e. The molecule has 2 amide bonds. The Morgan fingerprint density at radius 3 is 1.15 bits per heavy atom. The van der Waals surface area contributed by atoms with Gasteiger partial charge in [-0.25, -0.2) is 0 Å². The first-order valence-corrected chi connectivity index (χ1v) is 17.7. The van der Waals surface area contributed by atoms with Crippen molar-refractivity contribution in [1.82, 2.24) is 10.6 Å². The lowest BCUT2D eigenvalue weighted by Gasteiger charge is -2.65. The van der Waals surface area contributed by atoms with E-state index in [2.05, 4.69) is 24.5 Å². The van der Waals surface area contributed by atoms with Gasteiger partial charge in [0.15, 0.2) is 0 Å². The Morgan fingerprint density at radius 1 is 0.500 bits per heavy atom. The fourth-order valence-corrected chi connectivity index (χ4v) is 15.6. The van der Waals surface area contributed by atoms with Crippen molar-refractivity contribution >= 4 is 11.8 Å². The minimum Gasteiger partial charge on any atom is -0.350 e. The molecule has 4 unspecified atom stereocenters. The van der Waals surface area contributed by atoms with Crippen molar-refractivity contribution in [3.63, 3.8) is 0 Å². The normalized spacial score (nSPS) is 58.0. The molecule has 220 valence electrons. The number of carbonyl (C=O) groups is 2. The molecule has 12 aliphatic rings. The maximum Gasteiger partial charge on any atom is 0.226 e. The van der Waals surface area contributed by atoms with Crippen LogP contribution in [0.1, 0.15) is 142 Å². The fourth-order valence-electron chi connectivity index (χ4n) is 15.6. The second-order valence-corrected chi connectivity index (χ2v) is 18.6. The lowest BCUT2D eigenvalue weighted by Crippen LogP contribution is -2.69. The van der Waals surface area contributed by atoms with Crippen LogP contribution in [-0.2, 0) is 9.59 Å². The van der Waals surface area contributed by atoms with Gasteiger partial charge in [0.25, 0.3) is 0 Å². The van der Waals surface area contributed by atoms with E-state index in [-0.39, 0.29) is 21.9 Å². The van der Waals surface area contributed by atoms with E-state index in [4.69, 9.17) is 0 Å². The van der Waals surface area contributed by atoms with Gasteiger partial charge in [0.1, 0.15) is 0 Å². The second kappa shape index (κ2) is 7.90. The smallest absolute Gasteiger partial charge is 0.226 e. The summed E-state index contributed by atoms with van der Waals surface area (Å²) in [7, 11) is 0. The second-order valence-electron chi connectivity index (χ2n) is 18.6. The van der Waals surface area contributed by atoms with Gasteiger partial charge < -0.3 is 10.6 Å². The molecule has 12 rings (SSSR count). The first-order chi connectivity index (χ1) is 19.1. The summed E-state index contributed by atoms with van der Waals surface area (Å²) < 4.78 is 0. The third kappa shape index (κ3) is 3.49. The van der Waals surface area contributed by atoms with Crippen LogP contribution in [0.3, 0.4) is 0 Å². The maximum atomic E-state index is 14.6. The molecule has 0 aliphatic heterocycles. The molecule has 0 aromatic heterocycles. The summed E-state index contributed by atoms with van der Waals surface area (Å²) in [5.41, 5.74) is 0.459. The van der Waals surface area contributed by atoms with Crippen LogP contribution in [0.2, 0.25) is 0 Å². The van der Waals surface area contributed by atoms with E-state index in [0.717, 1.165) is 55.8 Å². The van der Waals surface area contributed by atoms with Crippen molar-refractivity contribution in [3.05, 3.63) is 0 Å². The molecule has 0 saturated heterocycles. The van der Waals surface area contributed by atoms with Crippen LogP contribution in [-0.4, -0.2) is 22.9 Å². The summed E-state index contributed by atoms with van der Waals surface area (Å²) in [6, 6.07) is 0. The molecule has 4 heteroatoms. The lowest BCUT2D eigenvalue weighted by molar-refractivity contribution is -0.174. The molecular weight excluding hydrogens is 492 g/mol. The summed E-state index contributed by atoms with van der Waals surface area (Å²) in [4.78, 5) is 29.2. The lowest BCUT2D eigenvalue weighted by atomic mass is 9.42. The number of hydrogen-bond donors (Lipinski definition) is 2. The molecule has 12 saturated carbocycles. The van der Waals surface area contributed by atoms with Crippen molar-refractivity contribution in [1.29, 1.82) is 0 Å². The van der Waals surface area contributed by atoms with E-state index in [1.54, 1.807) is 0 Å². The van der Waals surface area contributed by atoms with Crippen LogP contribution in [0.15, 0.2) is 0 Å². The van der Waals surface area contributed by atoms with E-state index in [1.807, 2.05) is 0 Å². The van der Waals surface area contributed by atoms with Gasteiger partial charge in [-0.2, -0.15) is 0 Å². The number of nitrogens with one attached hydrogen (secondary N) is 2. The highest BCUT2D eigenvalue weighted by Crippen LogP contribution is 2.68. The van der Waals surface area contributed by atoms with Crippen molar-refractivity contribution < 1.29 is 9.59 Å². The molecule has 2 N–H and O–H groups in total. The van der Waals surface area contributed by atoms with Crippen LogP contribution in [0.5, 0.6) is 0 Å². The van der Waals surface area contributed by atoms with E-state index < -0.39 is 0 Å². The number of carbonyl (C=O) groups excluding carboxylic acids is 2. The Kier molecular flexibility index (Phi) is 5.03. The average molecular weight is 547 g/mol. The number of rotatable bonds is 6. The molecule has 0 heterocycles. The summed E-state index contributed by atoms with van der Waals surface area (Å²) >= 11 is 0. The maximum absolute atomic E-state index is 14.6. The zero-order valence-corrected chi connectivity index (χ0v) is 25.4. The highest BCUT2D eigenvalue weighted by atomic mass is 16.2. The van der Waals surface area contributed by atoms with E-state index in [1.165, 1.54) is 96.3 Å². The highest BCUT2D eigenvalue weighted by molar-refractivity contribution is 5.89. The zero-order chi connectivity index (χ0) is 27.2. The van der Waals surface area contributed by atoms with Crippen LogP contribution >= 0.6 is 0 Å². The molecule has 40 heavy (non-hydrogen) atoms. The molecule has 0 spiro atoms. The fraction of sp³-hybridized carbons (Fsp3) is 0.944. The summed E-state index contributed by atoms with van der Waals surface area (Å²) in [6.07, 6.45) is 24.5. The van der Waals surface area contributed by atoms with E-state index in [0.29, 0.717) is 34.5 Å². The van der Waals surface area contributed by atoms with Crippen molar-refractivity contribution in [2.75, 3.05) is 0 Å². The topological polar surface area (TPSA) is 58.2 Å². The van der Waals surface area contributed by atoms with Crippen molar-refractivity contribution in [3.8, 4) is 0 Å². The predicted octanol–water partition coefficient (Wildman–Crippen LogP) is 7.30. The number of amides is 2. The van der Waals surface area contributed by atoms with Crippen LogP contribution < -0.4 is 10.6 Å². The first-order valence-electron chi connectivity index (χ1n) is 17.7. The number of hydrogen-bond acceptors (Lipinski definition) is 2. The van der Waals surface area contributed by atoms with Gasteiger partial charge in [-0.3, -0.25) is 9.59 Å². The summed E-state index contributed by atoms with van der Waals surface area (Å²) in [6.45, 7) is 4.80. The Bertz CT molecular complexity index is 1010. The van der Waals surface area contributed by atoms with Crippen LogP contribution in [0.4, 0.5) is 0 Å². The minimum absolute atomic E-state index is 0.0452. The standard InChI is InChI=1S/C36H54N2O2/c1-3-31-8-23-5-24(9-31)17-35(16-23,20-31)37-29(39)33-12-27-7-28(13-33)15-34(14-27,22-33)30(40)38-36-18-25-6-26(19-36)11-32(4-2,10-25)21-36/h23-28H,3-22H2,1-2H3,(H,37,39)(H,38,40). The monoisotopic (exact) mass is 546 g/mol. The zero-order valence-electron chi connectivity index (χ0n) is 25.4. The molecular formula is C36H54N2O2. The van der Waals surface area contributed by atoms with Gasteiger partial charge >= 0.3 is 0 Å². The van der Waals surface area contributed by atoms with Crippen molar-refractivity contribution in [2.24, 2.45) is 57.2 Å². The summed E-state index contributed by atoms with van der Waals surface area (Å²) in [5.74, 6) is 5.15. The third-order valence-electron chi connectivity index (χ3n) is 15.6. The molecule has 0 aromatic rings. The van der Waals surface area contributed by atoms with Crippen LogP contribution in [0, 0.1) is 57.2 Å². The van der Waals surface area contributed by atoms with Gasteiger partial charge in [0, 0.05) is 11.1 Å². The third-order valence-corrected chi connectivity index (χ3v) is 15.6. The Balaban J connectivity index is 0.977. The van der Waals surface area contributed by atoms with Gasteiger partial charge in [-0.15, -0.1) is 0 Å². The molecule has 12 fully saturated rings. The summed E-state index contributed by atoms with van der Waals surface area (Å²) in [5, 5.41) is 7.73. The van der Waals surface area contributed by atoms with E-state index >= 15 is 0 Å². The Morgan fingerprint density at radius 2 is 0.825 bits per heavy atom. The van der Waals surface area contributed by atoms with Gasteiger partial charge in [0.2, 0.25) is 11.8 Å². The van der Waals surface area contributed by atoms with Crippen LogP contribution in [0.25, 0.3) is 0 Å². The molecule has 0 aromatic carbocycles. The Hall–Kier alpha value is -1.06. The van der Waals surface area contributed by atoms with Gasteiger partial charge in [-0.1, -0.05) is 26.7 Å². The molecule has 4 atom stereocenters. The Labute approximate surface area is 242 Å². The van der Waals surface area contributed by atoms with Gasteiger partial charge in [0.05, 0.1) is 10.8 Å². The quantitative estimate of drug-likeness (QED) is 0.367. The van der Waals surface area contributed by atoms with Gasteiger partial charge in [-0.05, 0) is 162 Å². The molecule has 0 radical (unpaired) electrons. The average Bonchev–Trinajstić information content (AvgIpc) is 2.86. The molecule has 4 nitrogen and oxygen atoms in total. The van der Waals surface area contributed by atoms with E-state index in [9.17, 15) is 9.59 Å². The SMILES string of the molecule is CCC12CC3CC(C1)CC(NC(=O)C14CC5CC(C1)CC(C(=O)NC16CC7CC(CC(CC)(C7)C1)C6)(C5)C4)(C3)C2. The minimum atomic E-state index is -0.295. The predicted molar refractivity (Wildman–Crippen MR) is 156 cm³/mol.